The fourth-order valence-corrected chi connectivity index (χ4v) is 4.13. The predicted molar refractivity (Wildman–Crippen MR) is 101 cm³/mol. The van der Waals surface area contributed by atoms with Gasteiger partial charge >= 0.3 is 0 Å². The van der Waals surface area contributed by atoms with Crippen molar-refractivity contribution in [2.75, 3.05) is 18.7 Å². The number of H-pyrrole nitrogens is 1. The highest BCUT2D eigenvalue weighted by Crippen LogP contribution is 2.45. The zero-order valence-corrected chi connectivity index (χ0v) is 15.4. The maximum Gasteiger partial charge on any atom is 0.257 e. The average molecular weight is 369 g/mol. The van der Waals surface area contributed by atoms with E-state index in [1.54, 1.807) is 7.11 Å². The number of benzene rings is 1. The molecule has 4 rings (SSSR count). The molecule has 0 amide bonds. The molecule has 134 valence electrons. The van der Waals surface area contributed by atoms with Crippen molar-refractivity contribution in [3.8, 4) is 5.75 Å². The van der Waals surface area contributed by atoms with Gasteiger partial charge in [-0.15, -0.1) is 0 Å². The van der Waals surface area contributed by atoms with Crippen LogP contribution in [0.2, 0.25) is 0 Å². The Kier molecular flexibility index (Phi) is 4.32. The number of anilines is 1. The van der Waals surface area contributed by atoms with Crippen LogP contribution in [0.15, 0.2) is 45.5 Å². The number of carbonyl (C=O) groups is 1. The maximum atomic E-state index is 12.9. The van der Waals surface area contributed by atoms with Gasteiger partial charge in [0.1, 0.15) is 11.6 Å². The second kappa shape index (κ2) is 6.64. The first-order valence-electron chi connectivity index (χ1n) is 8.48. The molecule has 0 unspecified atom stereocenters. The zero-order chi connectivity index (χ0) is 18.3. The van der Waals surface area contributed by atoms with Crippen LogP contribution in [-0.2, 0) is 4.79 Å². The van der Waals surface area contributed by atoms with Crippen LogP contribution < -0.4 is 15.6 Å². The lowest BCUT2D eigenvalue weighted by Crippen LogP contribution is -2.32. The van der Waals surface area contributed by atoms with Crippen molar-refractivity contribution < 1.29 is 9.53 Å². The average Bonchev–Trinajstić information content (AvgIpc) is 2.66. The molecule has 0 saturated carbocycles. The van der Waals surface area contributed by atoms with E-state index in [1.165, 1.54) is 11.8 Å². The summed E-state index contributed by atoms with van der Waals surface area (Å²) in [6, 6.07) is 7.53. The van der Waals surface area contributed by atoms with E-state index in [0.29, 0.717) is 34.3 Å². The van der Waals surface area contributed by atoms with Crippen LogP contribution in [0.3, 0.4) is 0 Å². The topological polar surface area (TPSA) is 84.1 Å². The molecule has 0 bridgehead atoms. The van der Waals surface area contributed by atoms with E-state index in [2.05, 4.69) is 15.3 Å². The molecule has 0 radical (unpaired) electrons. The molecule has 1 aromatic heterocycles. The van der Waals surface area contributed by atoms with Crippen molar-refractivity contribution in [2.24, 2.45) is 0 Å². The number of fused-ring (bicyclic) bond motifs is 1. The van der Waals surface area contributed by atoms with Crippen LogP contribution in [0.4, 0.5) is 5.82 Å². The Labute approximate surface area is 155 Å². The molecule has 2 aliphatic rings. The van der Waals surface area contributed by atoms with Crippen molar-refractivity contribution in [3.63, 3.8) is 0 Å². The summed E-state index contributed by atoms with van der Waals surface area (Å²) >= 11 is 1.38. The lowest BCUT2D eigenvalue weighted by molar-refractivity contribution is -0.116. The van der Waals surface area contributed by atoms with Crippen molar-refractivity contribution in [1.29, 1.82) is 0 Å². The standard InChI is InChI=1S/C19H19N3O3S/c1-25-13-9-4-3-6-10(13)14-15-11(7-5-8-12(15)23)20-17-16(14)18(24)22-19(21-17)26-2/h3-4,6,9,14H,5,7-8H2,1-2H3,(H2,20,21,22,24)/t14-/m1/s1. The molecule has 26 heavy (non-hydrogen) atoms. The van der Waals surface area contributed by atoms with E-state index >= 15 is 0 Å². The second-order valence-corrected chi connectivity index (χ2v) is 7.10. The molecule has 0 fully saturated rings. The van der Waals surface area contributed by atoms with Gasteiger partial charge in [-0.2, -0.15) is 0 Å². The molecule has 0 saturated heterocycles. The van der Waals surface area contributed by atoms with Crippen molar-refractivity contribution in [1.82, 2.24) is 9.97 Å². The van der Waals surface area contributed by atoms with Crippen molar-refractivity contribution in [2.45, 2.75) is 30.3 Å². The number of Topliss-reactive ketones (excluding diaryl/α,β-unsaturated/α-hetero) is 1. The van der Waals surface area contributed by atoms with Gasteiger partial charge in [-0.25, -0.2) is 4.98 Å². The predicted octanol–water partition coefficient (Wildman–Crippen LogP) is 3.06. The van der Waals surface area contributed by atoms with E-state index in [1.807, 2.05) is 30.5 Å². The lowest BCUT2D eigenvalue weighted by Gasteiger charge is -2.33. The van der Waals surface area contributed by atoms with Gasteiger partial charge in [-0.1, -0.05) is 30.0 Å². The minimum Gasteiger partial charge on any atom is -0.496 e. The number of hydrogen-bond donors (Lipinski definition) is 2. The number of ketones is 1. The smallest absolute Gasteiger partial charge is 0.257 e. The summed E-state index contributed by atoms with van der Waals surface area (Å²) in [5.41, 5.74) is 2.59. The van der Waals surface area contributed by atoms with Crippen LogP contribution in [0.5, 0.6) is 5.75 Å². The number of carbonyl (C=O) groups excluding carboxylic acids is 1. The van der Waals surface area contributed by atoms with E-state index in [-0.39, 0.29) is 11.3 Å². The van der Waals surface area contributed by atoms with Gasteiger partial charge in [-0.05, 0) is 25.2 Å². The van der Waals surface area contributed by atoms with E-state index < -0.39 is 5.92 Å². The molecule has 7 heteroatoms. The third kappa shape index (κ3) is 2.63. The Hall–Kier alpha value is -2.54. The zero-order valence-electron chi connectivity index (χ0n) is 14.6. The highest BCUT2D eigenvalue weighted by Gasteiger charge is 2.38. The monoisotopic (exact) mass is 369 g/mol. The Morgan fingerprint density at radius 1 is 1.23 bits per heavy atom. The molecule has 2 N–H and O–H groups in total. The highest BCUT2D eigenvalue weighted by molar-refractivity contribution is 7.98. The van der Waals surface area contributed by atoms with Crippen LogP contribution in [0, 0.1) is 0 Å². The number of rotatable bonds is 3. The van der Waals surface area contributed by atoms with E-state index in [9.17, 15) is 9.59 Å². The SMILES string of the molecule is COc1ccccc1[C@@H]1C2=C(CCCC2=O)Nc2nc(SC)[nH]c(=O)c21. The number of ether oxygens (including phenoxy) is 1. The third-order valence-corrected chi connectivity index (χ3v) is 5.46. The Morgan fingerprint density at radius 2 is 2.04 bits per heavy atom. The summed E-state index contributed by atoms with van der Waals surface area (Å²) in [4.78, 5) is 33.0. The number of aromatic amines is 1. The molecule has 0 spiro atoms. The fraction of sp³-hybridized carbons (Fsp3) is 0.316. The molecule has 6 nitrogen and oxygen atoms in total. The van der Waals surface area contributed by atoms with Gasteiger partial charge in [0.05, 0.1) is 18.6 Å². The first-order chi connectivity index (χ1) is 12.6. The van der Waals surface area contributed by atoms with Gasteiger partial charge in [0.15, 0.2) is 10.9 Å². The number of nitrogens with one attached hydrogen (secondary N) is 2. The first-order valence-corrected chi connectivity index (χ1v) is 9.71. The van der Waals surface area contributed by atoms with Gasteiger partial charge in [0.2, 0.25) is 0 Å². The third-order valence-electron chi connectivity index (χ3n) is 4.88. The number of thioether (sulfide) groups is 1. The molecule has 2 aromatic rings. The van der Waals surface area contributed by atoms with Crippen LogP contribution in [-0.4, -0.2) is 29.1 Å². The van der Waals surface area contributed by atoms with Gasteiger partial charge < -0.3 is 15.0 Å². The Morgan fingerprint density at radius 3 is 2.81 bits per heavy atom. The van der Waals surface area contributed by atoms with Crippen LogP contribution in [0.25, 0.3) is 0 Å². The van der Waals surface area contributed by atoms with E-state index in [4.69, 9.17) is 4.74 Å². The molecular weight excluding hydrogens is 350 g/mol. The summed E-state index contributed by atoms with van der Waals surface area (Å²) < 4.78 is 5.52. The number of para-hydroxylation sites is 1. The quantitative estimate of drug-likeness (QED) is 0.639. The number of methoxy groups -OCH3 is 1. The summed E-state index contributed by atoms with van der Waals surface area (Å²) in [6.45, 7) is 0. The summed E-state index contributed by atoms with van der Waals surface area (Å²) in [5, 5.41) is 3.80. The second-order valence-electron chi connectivity index (χ2n) is 6.31. The van der Waals surface area contributed by atoms with Gasteiger partial charge in [-0.3, -0.25) is 9.59 Å². The molecular formula is C19H19N3O3S. The highest BCUT2D eigenvalue weighted by atomic mass is 32.2. The van der Waals surface area contributed by atoms with Crippen molar-refractivity contribution in [3.05, 3.63) is 57.0 Å². The largest absolute Gasteiger partial charge is 0.496 e. The minimum absolute atomic E-state index is 0.0775. The van der Waals surface area contributed by atoms with E-state index in [0.717, 1.165) is 24.1 Å². The minimum atomic E-state index is -0.475. The Bertz CT molecular complexity index is 980. The molecule has 2 heterocycles. The number of aromatic nitrogens is 2. The first kappa shape index (κ1) is 16.9. The summed E-state index contributed by atoms with van der Waals surface area (Å²) in [5.74, 6) is 0.789. The molecule has 1 aliphatic heterocycles. The lowest BCUT2D eigenvalue weighted by atomic mass is 9.76. The fourth-order valence-electron chi connectivity index (χ4n) is 3.75. The maximum absolute atomic E-state index is 12.9. The molecule has 1 aromatic carbocycles. The summed E-state index contributed by atoms with van der Waals surface area (Å²) in [6.07, 6.45) is 3.93. The molecule has 1 atom stereocenters. The van der Waals surface area contributed by atoms with Gasteiger partial charge in [0.25, 0.3) is 5.56 Å². The Balaban J connectivity index is 2.02. The number of nitrogens with zero attached hydrogens (tertiary/aromatic N) is 1. The normalized spacial score (nSPS) is 18.8. The molecule has 1 aliphatic carbocycles. The number of allylic oxidation sites excluding steroid dienone is 2. The summed E-state index contributed by atoms with van der Waals surface area (Å²) in [7, 11) is 1.60. The van der Waals surface area contributed by atoms with Gasteiger partial charge in [0, 0.05) is 23.3 Å². The van der Waals surface area contributed by atoms with Crippen LogP contribution >= 0.6 is 11.8 Å². The van der Waals surface area contributed by atoms with Crippen LogP contribution in [0.1, 0.15) is 36.3 Å². The van der Waals surface area contributed by atoms with Crippen molar-refractivity contribution >= 4 is 23.4 Å². The number of hydrogen-bond acceptors (Lipinski definition) is 6.